The van der Waals surface area contributed by atoms with Crippen LogP contribution in [0.15, 0.2) is 0 Å². The number of hydrogen-bond donors (Lipinski definition) is 1. The van der Waals surface area contributed by atoms with Crippen molar-refractivity contribution in [3.8, 4) is 0 Å². The molecule has 0 spiro atoms. The second kappa shape index (κ2) is 5.14. The van der Waals surface area contributed by atoms with Crippen molar-refractivity contribution in [1.29, 1.82) is 0 Å². The van der Waals surface area contributed by atoms with E-state index in [2.05, 4.69) is 17.1 Å². The summed E-state index contributed by atoms with van der Waals surface area (Å²) in [6.45, 7) is 5.34. The van der Waals surface area contributed by atoms with Gasteiger partial charge in [-0.3, -0.25) is 9.69 Å². The first kappa shape index (κ1) is 9.52. The standard InChI is InChI=1S/C9H18N2O/c1-9(7-10-8-12)11-5-3-2-4-6-11/h8-9H,2-7H2,1H3,(H,10,12). The third kappa shape index (κ3) is 2.81. The van der Waals surface area contributed by atoms with Gasteiger partial charge < -0.3 is 5.32 Å². The zero-order valence-corrected chi connectivity index (χ0v) is 7.75. The lowest BCUT2D eigenvalue weighted by Crippen LogP contribution is -2.42. The van der Waals surface area contributed by atoms with Gasteiger partial charge in [-0.25, -0.2) is 0 Å². The molecule has 0 bridgehead atoms. The molecule has 1 unspecified atom stereocenters. The summed E-state index contributed by atoms with van der Waals surface area (Å²) in [6.07, 6.45) is 4.77. The molecule has 0 aliphatic carbocycles. The molecule has 0 saturated carbocycles. The van der Waals surface area contributed by atoms with E-state index in [4.69, 9.17) is 0 Å². The van der Waals surface area contributed by atoms with Crippen molar-refractivity contribution in [2.45, 2.75) is 32.2 Å². The Hall–Kier alpha value is -0.570. The minimum absolute atomic E-state index is 0.496. The first-order valence-electron chi connectivity index (χ1n) is 4.75. The minimum atomic E-state index is 0.496. The number of piperidine rings is 1. The first-order valence-corrected chi connectivity index (χ1v) is 4.75. The van der Waals surface area contributed by atoms with E-state index in [1.807, 2.05) is 0 Å². The molecule has 70 valence electrons. The number of nitrogens with one attached hydrogen (secondary N) is 1. The molecule has 1 N–H and O–H groups in total. The van der Waals surface area contributed by atoms with Gasteiger partial charge in [-0.05, 0) is 32.9 Å². The Morgan fingerprint density at radius 3 is 2.67 bits per heavy atom. The zero-order valence-electron chi connectivity index (χ0n) is 7.75. The van der Waals surface area contributed by atoms with Crippen molar-refractivity contribution in [2.75, 3.05) is 19.6 Å². The van der Waals surface area contributed by atoms with Crippen LogP contribution in [0.1, 0.15) is 26.2 Å². The second-order valence-electron chi connectivity index (χ2n) is 3.47. The summed E-state index contributed by atoms with van der Waals surface area (Å²) >= 11 is 0. The predicted molar refractivity (Wildman–Crippen MR) is 49.0 cm³/mol. The maximum atomic E-state index is 10.1. The van der Waals surface area contributed by atoms with E-state index in [1.54, 1.807) is 0 Å². The fourth-order valence-corrected chi connectivity index (χ4v) is 1.71. The summed E-state index contributed by atoms with van der Waals surface area (Å²) in [4.78, 5) is 12.5. The Morgan fingerprint density at radius 1 is 1.42 bits per heavy atom. The van der Waals surface area contributed by atoms with Crippen LogP contribution in [-0.4, -0.2) is 37.0 Å². The van der Waals surface area contributed by atoms with Crippen LogP contribution >= 0.6 is 0 Å². The molecule has 1 fully saturated rings. The Bertz CT molecular complexity index is 132. The Morgan fingerprint density at radius 2 is 2.08 bits per heavy atom. The molecule has 3 nitrogen and oxygen atoms in total. The van der Waals surface area contributed by atoms with E-state index < -0.39 is 0 Å². The molecule has 0 radical (unpaired) electrons. The van der Waals surface area contributed by atoms with Crippen molar-refractivity contribution in [3.63, 3.8) is 0 Å². The van der Waals surface area contributed by atoms with Crippen LogP contribution in [-0.2, 0) is 4.79 Å². The molecule has 1 amide bonds. The summed E-state index contributed by atoms with van der Waals surface area (Å²) < 4.78 is 0. The topological polar surface area (TPSA) is 32.3 Å². The van der Waals surface area contributed by atoms with E-state index in [-0.39, 0.29) is 0 Å². The molecular formula is C9H18N2O. The van der Waals surface area contributed by atoms with E-state index in [9.17, 15) is 4.79 Å². The second-order valence-corrected chi connectivity index (χ2v) is 3.47. The molecule has 3 heteroatoms. The number of hydrogen-bond acceptors (Lipinski definition) is 2. The van der Waals surface area contributed by atoms with Crippen molar-refractivity contribution in [3.05, 3.63) is 0 Å². The lowest BCUT2D eigenvalue weighted by atomic mass is 10.1. The van der Waals surface area contributed by atoms with Crippen molar-refractivity contribution in [2.24, 2.45) is 0 Å². The monoisotopic (exact) mass is 170 g/mol. The maximum absolute atomic E-state index is 10.1. The first-order chi connectivity index (χ1) is 5.84. The van der Waals surface area contributed by atoms with Crippen LogP contribution in [0.2, 0.25) is 0 Å². The highest BCUT2D eigenvalue weighted by Crippen LogP contribution is 2.11. The van der Waals surface area contributed by atoms with Crippen LogP contribution in [0.4, 0.5) is 0 Å². The minimum Gasteiger partial charge on any atom is -0.357 e. The molecule has 0 aromatic rings. The van der Waals surface area contributed by atoms with Crippen LogP contribution in [0.5, 0.6) is 0 Å². The molecule has 0 aromatic carbocycles. The number of amides is 1. The van der Waals surface area contributed by atoms with Crippen molar-refractivity contribution < 1.29 is 4.79 Å². The smallest absolute Gasteiger partial charge is 0.207 e. The Labute approximate surface area is 74.1 Å². The Kier molecular flexibility index (Phi) is 4.08. The average Bonchev–Trinajstić information content (AvgIpc) is 2.15. The number of likely N-dealkylation sites (tertiary alicyclic amines) is 1. The summed E-state index contributed by atoms with van der Waals surface area (Å²) in [5, 5.41) is 2.72. The molecule has 0 aromatic heterocycles. The normalized spacial score (nSPS) is 21.8. The van der Waals surface area contributed by atoms with Gasteiger partial charge in [0.25, 0.3) is 0 Å². The third-order valence-electron chi connectivity index (χ3n) is 2.51. The predicted octanol–water partition coefficient (Wildman–Crippen LogP) is 0.607. The molecular weight excluding hydrogens is 152 g/mol. The fourth-order valence-electron chi connectivity index (χ4n) is 1.71. The average molecular weight is 170 g/mol. The van der Waals surface area contributed by atoms with E-state index >= 15 is 0 Å². The molecule has 1 aliphatic rings. The Balaban J connectivity index is 2.19. The molecule has 1 rings (SSSR count). The zero-order chi connectivity index (χ0) is 8.81. The van der Waals surface area contributed by atoms with Gasteiger partial charge in [0.05, 0.1) is 0 Å². The molecule has 1 atom stereocenters. The highest BCUT2D eigenvalue weighted by atomic mass is 16.1. The summed E-state index contributed by atoms with van der Waals surface area (Å²) in [5.74, 6) is 0. The molecule has 1 aliphatic heterocycles. The third-order valence-corrected chi connectivity index (χ3v) is 2.51. The van der Waals surface area contributed by atoms with Gasteiger partial charge in [-0.15, -0.1) is 0 Å². The molecule has 1 saturated heterocycles. The SMILES string of the molecule is CC(CNC=O)N1CCCCC1. The number of rotatable bonds is 4. The van der Waals surface area contributed by atoms with Gasteiger partial charge in [0.15, 0.2) is 0 Å². The van der Waals surface area contributed by atoms with Crippen molar-refractivity contribution >= 4 is 6.41 Å². The molecule has 12 heavy (non-hydrogen) atoms. The van der Waals surface area contributed by atoms with Crippen LogP contribution in [0.3, 0.4) is 0 Å². The quantitative estimate of drug-likeness (QED) is 0.627. The van der Waals surface area contributed by atoms with Gasteiger partial charge in [0, 0.05) is 12.6 Å². The summed E-state index contributed by atoms with van der Waals surface area (Å²) in [5.41, 5.74) is 0. The van der Waals surface area contributed by atoms with E-state index in [1.165, 1.54) is 32.4 Å². The molecule has 1 heterocycles. The summed E-state index contributed by atoms with van der Waals surface area (Å²) in [7, 11) is 0. The van der Waals surface area contributed by atoms with Gasteiger partial charge in [0.2, 0.25) is 6.41 Å². The lowest BCUT2D eigenvalue weighted by molar-refractivity contribution is -0.109. The van der Waals surface area contributed by atoms with Gasteiger partial charge in [0.1, 0.15) is 0 Å². The maximum Gasteiger partial charge on any atom is 0.207 e. The van der Waals surface area contributed by atoms with E-state index in [0.717, 1.165) is 13.0 Å². The fraction of sp³-hybridized carbons (Fsp3) is 0.889. The van der Waals surface area contributed by atoms with Crippen molar-refractivity contribution in [1.82, 2.24) is 10.2 Å². The van der Waals surface area contributed by atoms with Crippen LogP contribution in [0, 0.1) is 0 Å². The highest BCUT2D eigenvalue weighted by molar-refractivity contribution is 5.45. The summed E-state index contributed by atoms with van der Waals surface area (Å²) in [6, 6.07) is 0.496. The number of nitrogens with zero attached hydrogens (tertiary/aromatic N) is 1. The van der Waals surface area contributed by atoms with Crippen LogP contribution < -0.4 is 5.32 Å². The van der Waals surface area contributed by atoms with E-state index in [0.29, 0.717) is 6.04 Å². The van der Waals surface area contributed by atoms with Crippen LogP contribution in [0.25, 0.3) is 0 Å². The largest absolute Gasteiger partial charge is 0.357 e. The lowest BCUT2D eigenvalue weighted by Gasteiger charge is -2.31. The number of carbonyl (C=O) groups excluding carboxylic acids is 1. The highest BCUT2D eigenvalue weighted by Gasteiger charge is 2.15. The van der Waals surface area contributed by atoms with Gasteiger partial charge >= 0.3 is 0 Å². The number of carbonyl (C=O) groups is 1. The van der Waals surface area contributed by atoms with Gasteiger partial charge in [-0.1, -0.05) is 6.42 Å². The van der Waals surface area contributed by atoms with Gasteiger partial charge in [-0.2, -0.15) is 0 Å².